The lowest BCUT2D eigenvalue weighted by Gasteiger charge is -2.45. The first kappa shape index (κ1) is 37.4. The summed E-state index contributed by atoms with van der Waals surface area (Å²) in [6, 6.07) is 0. The van der Waals surface area contributed by atoms with Crippen molar-refractivity contribution < 1.29 is 63.5 Å². The van der Waals surface area contributed by atoms with E-state index in [4.69, 9.17) is 41.7 Å². The van der Waals surface area contributed by atoms with Crippen LogP contribution in [0.5, 0.6) is 0 Å². The zero-order chi connectivity index (χ0) is 32.5. The van der Waals surface area contributed by atoms with Crippen molar-refractivity contribution in [1.29, 1.82) is 0 Å². The minimum atomic E-state index is -3.92. The maximum atomic E-state index is 10.6. The summed E-state index contributed by atoms with van der Waals surface area (Å²) in [5, 5.41) is 83.6. The van der Waals surface area contributed by atoms with Crippen molar-refractivity contribution in [2.75, 3.05) is 19.0 Å². The van der Waals surface area contributed by atoms with E-state index in [2.05, 4.69) is 14.4 Å². The first-order chi connectivity index (χ1) is 20.1. The van der Waals surface area contributed by atoms with Crippen LogP contribution in [0.2, 0.25) is 0 Å². The van der Waals surface area contributed by atoms with Gasteiger partial charge in [-0.2, -0.15) is 25.2 Å². The number of nitrogens with zero attached hydrogens (tertiary/aromatic N) is 3. The molecule has 2 aliphatic rings. The Hall–Kier alpha value is -1.81. The Balaban J connectivity index is 0.000000304. The minimum Gasteiger partial charge on any atom is -0.394 e. The SMILES string of the molecule is NC(N)=Nc1nc(CSCCC(N)=NS(N)(=O)=O)cs1.OC[C@H]1O[C@@H](O[C@H]2[C@H](O)[C@@H](O)[C@H](O)O[C@@H]2CO)[C@H](O)[C@@H](O)[C@H]1O. The molecule has 3 heterocycles. The van der Waals surface area contributed by atoms with E-state index in [0.29, 0.717) is 23.1 Å². The molecule has 2 aliphatic heterocycles. The molecule has 20 nitrogen and oxygen atoms in total. The quantitative estimate of drug-likeness (QED) is 0.0587. The van der Waals surface area contributed by atoms with Crippen LogP contribution in [0.15, 0.2) is 14.8 Å². The minimum absolute atomic E-state index is 0.0144. The van der Waals surface area contributed by atoms with E-state index in [1.807, 2.05) is 5.38 Å². The van der Waals surface area contributed by atoms with E-state index in [0.717, 1.165) is 5.69 Å². The predicted octanol–water partition coefficient (Wildman–Crippen LogP) is -6.17. The molecule has 23 heteroatoms. The molecule has 2 saturated heterocycles. The summed E-state index contributed by atoms with van der Waals surface area (Å²) in [6.45, 7) is -1.35. The summed E-state index contributed by atoms with van der Waals surface area (Å²) in [6.07, 6.45) is -15.2. The van der Waals surface area contributed by atoms with E-state index >= 15 is 0 Å². The molecule has 0 aromatic carbocycles. The number of aliphatic imine (C=N–C) groups is 1. The third-order valence-corrected chi connectivity index (χ3v) is 8.01. The number of aliphatic hydroxyl groups excluding tert-OH is 8. The molecule has 0 unspecified atom stereocenters. The summed E-state index contributed by atoms with van der Waals surface area (Å²) in [5.41, 5.74) is 16.7. The first-order valence-electron chi connectivity index (χ1n) is 12.3. The molecule has 3 rings (SSSR count). The van der Waals surface area contributed by atoms with Gasteiger partial charge in [0.15, 0.2) is 18.5 Å². The van der Waals surface area contributed by atoms with Gasteiger partial charge in [0.25, 0.3) is 0 Å². The van der Waals surface area contributed by atoms with Crippen LogP contribution in [0.1, 0.15) is 12.1 Å². The molecule has 248 valence electrons. The van der Waals surface area contributed by atoms with Crippen molar-refractivity contribution in [2.45, 2.75) is 73.6 Å². The maximum Gasteiger partial charge on any atom is 0.318 e. The first-order valence-corrected chi connectivity index (χ1v) is 15.9. The van der Waals surface area contributed by atoms with Gasteiger partial charge in [-0.1, -0.05) is 0 Å². The van der Waals surface area contributed by atoms with Gasteiger partial charge >= 0.3 is 10.2 Å². The normalized spacial score (nSPS) is 33.4. The highest BCUT2D eigenvalue weighted by Gasteiger charge is 2.50. The van der Waals surface area contributed by atoms with Crippen LogP contribution in [0, 0.1) is 0 Å². The zero-order valence-electron chi connectivity index (χ0n) is 22.4. The van der Waals surface area contributed by atoms with Gasteiger partial charge in [-0.15, -0.1) is 15.7 Å². The topological polar surface area (TPSA) is 365 Å². The number of hydrogen-bond acceptors (Lipinski definition) is 17. The lowest BCUT2D eigenvalue weighted by molar-refractivity contribution is -0.355. The molecule has 0 amide bonds. The Morgan fingerprint density at radius 3 is 2.21 bits per heavy atom. The van der Waals surface area contributed by atoms with E-state index in [-0.39, 0.29) is 11.8 Å². The molecular weight excluding hydrogens is 642 g/mol. The van der Waals surface area contributed by atoms with E-state index in [1.54, 1.807) is 0 Å². The average Bonchev–Trinajstić information content (AvgIpc) is 3.37. The molecule has 1 aromatic heterocycles. The third-order valence-electron chi connectivity index (χ3n) is 5.74. The number of nitrogens with two attached hydrogens (primary N) is 4. The average molecular weight is 680 g/mol. The van der Waals surface area contributed by atoms with E-state index in [9.17, 15) is 44.2 Å². The van der Waals surface area contributed by atoms with Gasteiger partial charge in [-0.25, -0.2) is 10.1 Å². The van der Waals surface area contributed by atoms with Crippen molar-refractivity contribution in [3.05, 3.63) is 11.1 Å². The van der Waals surface area contributed by atoms with Crippen LogP contribution in [0.3, 0.4) is 0 Å². The zero-order valence-corrected chi connectivity index (χ0v) is 24.8. The van der Waals surface area contributed by atoms with Gasteiger partial charge in [0.1, 0.15) is 54.7 Å². The molecule has 2 fully saturated rings. The predicted molar refractivity (Wildman–Crippen MR) is 152 cm³/mol. The maximum absolute atomic E-state index is 10.6. The second-order valence-corrected chi connectivity index (χ2v) is 12.2. The molecule has 0 aliphatic carbocycles. The summed E-state index contributed by atoms with van der Waals surface area (Å²) >= 11 is 2.86. The van der Waals surface area contributed by atoms with Crippen molar-refractivity contribution >= 4 is 50.2 Å². The second kappa shape index (κ2) is 17.0. The summed E-state index contributed by atoms with van der Waals surface area (Å²) in [7, 11) is -3.92. The number of thioether (sulfide) groups is 1. The second-order valence-electron chi connectivity index (χ2n) is 9.09. The molecule has 43 heavy (non-hydrogen) atoms. The van der Waals surface area contributed by atoms with Crippen molar-refractivity contribution in [3.63, 3.8) is 0 Å². The van der Waals surface area contributed by atoms with Gasteiger partial charge in [0, 0.05) is 23.3 Å². The van der Waals surface area contributed by atoms with Crippen LogP contribution in [-0.2, 0) is 30.2 Å². The number of hydrogen-bond donors (Lipinski definition) is 12. The highest BCUT2D eigenvalue weighted by molar-refractivity contribution is 7.98. The fraction of sp³-hybridized carbons (Fsp3) is 0.750. The molecular formula is C20H37N7O13S3. The molecule has 0 radical (unpaired) electrons. The van der Waals surface area contributed by atoms with Gasteiger partial charge in [-0.3, -0.25) is 0 Å². The summed E-state index contributed by atoms with van der Waals surface area (Å²) < 4.78 is 39.7. The monoisotopic (exact) mass is 679 g/mol. The van der Waals surface area contributed by atoms with Gasteiger partial charge in [-0.05, 0) is 0 Å². The number of amidine groups is 1. The number of ether oxygens (including phenoxy) is 3. The van der Waals surface area contributed by atoms with Gasteiger partial charge in [0.05, 0.1) is 18.9 Å². The molecule has 0 spiro atoms. The molecule has 1 aromatic rings. The Morgan fingerprint density at radius 1 is 0.977 bits per heavy atom. The lowest BCUT2D eigenvalue weighted by Crippen LogP contribution is -2.64. The Kier molecular flexibility index (Phi) is 14.8. The molecule has 0 bridgehead atoms. The highest BCUT2D eigenvalue weighted by atomic mass is 32.2. The highest BCUT2D eigenvalue weighted by Crippen LogP contribution is 2.28. The smallest absolute Gasteiger partial charge is 0.318 e. The summed E-state index contributed by atoms with van der Waals surface area (Å²) in [4.78, 5) is 8.03. The van der Waals surface area contributed by atoms with Crippen LogP contribution in [0.4, 0.5) is 5.13 Å². The Labute approximate surface area is 253 Å². The van der Waals surface area contributed by atoms with Crippen molar-refractivity contribution in [2.24, 2.45) is 31.7 Å². The lowest BCUT2D eigenvalue weighted by atomic mass is 9.97. The summed E-state index contributed by atoms with van der Waals surface area (Å²) in [5.74, 6) is 1.18. The number of aromatic nitrogens is 1. The Bertz CT molecular complexity index is 1170. The van der Waals surface area contributed by atoms with E-state index in [1.165, 1.54) is 23.1 Å². The van der Waals surface area contributed by atoms with Crippen molar-refractivity contribution in [3.8, 4) is 0 Å². The van der Waals surface area contributed by atoms with Crippen molar-refractivity contribution in [1.82, 2.24) is 4.98 Å². The van der Waals surface area contributed by atoms with Crippen LogP contribution < -0.4 is 22.3 Å². The third kappa shape index (κ3) is 11.6. The largest absolute Gasteiger partial charge is 0.394 e. The Morgan fingerprint density at radius 2 is 1.63 bits per heavy atom. The van der Waals surface area contributed by atoms with Crippen LogP contribution in [0.25, 0.3) is 0 Å². The molecule has 0 saturated carbocycles. The number of thiazole rings is 1. The number of rotatable bonds is 11. The van der Waals surface area contributed by atoms with Crippen LogP contribution >= 0.6 is 23.1 Å². The fourth-order valence-electron chi connectivity index (χ4n) is 3.66. The fourth-order valence-corrected chi connectivity index (χ4v) is 5.74. The standard InChI is InChI=1S/C12H22O11.C8H15N7O2S3/c13-1-3-5(15)6(16)9(19)12(22-3)23-10-4(2-14)21-11(20)8(18)7(10)17;9-6(15-20(12,16)17)1-2-18-3-5-4-19-8(13-5)14-7(10)11/h3-20H,1-2H2;4H,1-3H2,(H2,9,15)(H2,12,16,17)(H4,10,11,13,14)/t3-,4-,5+,6+,7-,8-,9-,10-,11-,12+;/m1./s1. The number of guanidine groups is 1. The van der Waals surface area contributed by atoms with Gasteiger partial charge < -0.3 is 72.3 Å². The van der Waals surface area contributed by atoms with Gasteiger partial charge in [0.2, 0.25) is 5.13 Å². The molecule has 16 N–H and O–H groups in total. The molecule has 10 atom stereocenters. The van der Waals surface area contributed by atoms with E-state index < -0.39 is 84.8 Å². The number of aliphatic hydroxyl groups is 8. The van der Waals surface area contributed by atoms with Crippen LogP contribution in [-0.4, -0.2) is 146 Å².